The molecule has 2 rings (SSSR count). The minimum Gasteiger partial charge on any atom is -0.317 e. The Hall–Kier alpha value is -0.920. The van der Waals surface area contributed by atoms with Crippen molar-refractivity contribution >= 4 is 10.0 Å². The molecule has 18 heavy (non-hydrogen) atoms. The van der Waals surface area contributed by atoms with Crippen LogP contribution in [0.1, 0.15) is 19.8 Å². The van der Waals surface area contributed by atoms with Gasteiger partial charge in [0.25, 0.3) is 0 Å². The van der Waals surface area contributed by atoms with E-state index in [4.69, 9.17) is 0 Å². The summed E-state index contributed by atoms with van der Waals surface area (Å²) in [6.07, 6.45) is 4.59. The van der Waals surface area contributed by atoms with E-state index in [2.05, 4.69) is 22.4 Å². The van der Waals surface area contributed by atoms with Gasteiger partial charge in [-0.05, 0) is 32.7 Å². The van der Waals surface area contributed by atoms with Crippen molar-refractivity contribution in [1.82, 2.24) is 19.8 Å². The minimum atomic E-state index is -3.36. The number of sulfonamides is 1. The highest BCUT2D eigenvalue weighted by Crippen LogP contribution is 2.25. The van der Waals surface area contributed by atoms with Gasteiger partial charge in [0.05, 0.1) is 6.20 Å². The van der Waals surface area contributed by atoms with Crippen LogP contribution in [-0.4, -0.2) is 49.1 Å². The van der Waals surface area contributed by atoms with E-state index in [9.17, 15) is 8.42 Å². The molecular formula is C11H20N4O2S. The number of rotatable bonds is 4. The number of aromatic amines is 1. The second kappa shape index (κ2) is 5.38. The fourth-order valence-corrected chi connectivity index (χ4v) is 3.76. The van der Waals surface area contributed by atoms with Crippen molar-refractivity contribution in [3.63, 3.8) is 0 Å². The maximum atomic E-state index is 12.2. The number of aromatic nitrogens is 2. The third-order valence-corrected chi connectivity index (χ3v) is 5.64. The molecule has 1 aliphatic rings. The Balaban J connectivity index is 2.02. The first kappa shape index (κ1) is 13.5. The molecule has 7 heteroatoms. The summed E-state index contributed by atoms with van der Waals surface area (Å²) in [5.41, 5.74) is 0. The molecule has 0 spiro atoms. The highest BCUT2D eigenvalue weighted by Gasteiger charge is 2.31. The molecule has 2 N–H and O–H groups in total. The standard InChI is InChI=1S/C11H20N4O2S/c1-9(12-2)10-3-5-15(6-4-10)18(16,17)11-7-13-14-8-11/h7-10,12H,3-6H2,1-2H3,(H,13,14). The van der Waals surface area contributed by atoms with E-state index in [0.717, 1.165) is 12.8 Å². The summed E-state index contributed by atoms with van der Waals surface area (Å²) in [5.74, 6) is 0.547. The summed E-state index contributed by atoms with van der Waals surface area (Å²) in [4.78, 5) is 0.252. The van der Waals surface area contributed by atoms with Crippen LogP contribution in [0.15, 0.2) is 17.3 Å². The summed E-state index contributed by atoms with van der Waals surface area (Å²) < 4.78 is 26.0. The van der Waals surface area contributed by atoms with Gasteiger partial charge in [0.2, 0.25) is 10.0 Å². The first-order valence-corrected chi connectivity index (χ1v) is 7.66. The summed E-state index contributed by atoms with van der Waals surface area (Å²) in [5, 5.41) is 9.48. The molecule has 1 unspecified atom stereocenters. The minimum absolute atomic E-state index is 0.252. The second-order valence-corrected chi connectivity index (χ2v) is 6.69. The van der Waals surface area contributed by atoms with Crippen LogP contribution < -0.4 is 5.32 Å². The smallest absolute Gasteiger partial charge is 0.246 e. The number of nitrogens with zero attached hydrogens (tertiary/aromatic N) is 2. The molecule has 1 aromatic heterocycles. The number of piperidine rings is 1. The van der Waals surface area contributed by atoms with Crippen LogP contribution in [0.4, 0.5) is 0 Å². The first-order chi connectivity index (χ1) is 8.55. The average molecular weight is 272 g/mol. The lowest BCUT2D eigenvalue weighted by molar-refractivity contribution is 0.236. The number of H-pyrrole nitrogens is 1. The Morgan fingerprint density at radius 3 is 2.67 bits per heavy atom. The van der Waals surface area contributed by atoms with Crippen LogP contribution in [0.25, 0.3) is 0 Å². The molecule has 0 aliphatic carbocycles. The van der Waals surface area contributed by atoms with E-state index in [0.29, 0.717) is 25.0 Å². The second-order valence-electron chi connectivity index (χ2n) is 4.75. The molecule has 0 bridgehead atoms. The Morgan fingerprint density at radius 1 is 1.50 bits per heavy atom. The predicted molar refractivity (Wildman–Crippen MR) is 68.6 cm³/mol. The fourth-order valence-electron chi connectivity index (χ4n) is 2.38. The van der Waals surface area contributed by atoms with Crippen molar-refractivity contribution in [3.8, 4) is 0 Å². The lowest BCUT2D eigenvalue weighted by Crippen LogP contribution is -2.43. The quantitative estimate of drug-likeness (QED) is 0.832. The van der Waals surface area contributed by atoms with Gasteiger partial charge < -0.3 is 5.32 Å². The molecule has 1 atom stereocenters. The van der Waals surface area contributed by atoms with Crippen LogP contribution in [0.2, 0.25) is 0 Å². The Labute approximate surface area is 108 Å². The average Bonchev–Trinajstić information content (AvgIpc) is 2.92. The maximum absolute atomic E-state index is 12.2. The molecular weight excluding hydrogens is 252 g/mol. The van der Waals surface area contributed by atoms with Gasteiger partial charge in [-0.15, -0.1) is 0 Å². The third kappa shape index (κ3) is 2.57. The van der Waals surface area contributed by atoms with Crippen molar-refractivity contribution in [2.75, 3.05) is 20.1 Å². The molecule has 0 aromatic carbocycles. The summed E-state index contributed by atoms with van der Waals surface area (Å²) in [6, 6.07) is 0.434. The van der Waals surface area contributed by atoms with E-state index in [1.807, 2.05) is 7.05 Å². The fraction of sp³-hybridized carbons (Fsp3) is 0.727. The van der Waals surface area contributed by atoms with Gasteiger partial charge in [-0.25, -0.2) is 8.42 Å². The molecule has 0 amide bonds. The molecule has 102 valence electrons. The van der Waals surface area contributed by atoms with Crippen LogP contribution >= 0.6 is 0 Å². The van der Waals surface area contributed by atoms with Crippen molar-refractivity contribution in [1.29, 1.82) is 0 Å². The molecule has 6 nitrogen and oxygen atoms in total. The summed E-state index contributed by atoms with van der Waals surface area (Å²) >= 11 is 0. The third-order valence-electron chi connectivity index (χ3n) is 3.77. The molecule has 1 aliphatic heterocycles. The zero-order chi connectivity index (χ0) is 13.2. The van der Waals surface area contributed by atoms with E-state index < -0.39 is 10.0 Å². The predicted octanol–water partition coefficient (Wildman–Crippen LogP) is 0.418. The van der Waals surface area contributed by atoms with Crippen LogP contribution in [0, 0.1) is 5.92 Å². The highest BCUT2D eigenvalue weighted by molar-refractivity contribution is 7.89. The molecule has 0 radical (unpaired) electrons. The van der Waals surface area contributed by atoms with Crippen molar-refractivity contribution < 1.29 is 8.42 Å². The van der Waals surface area contributed by atoms with Gasteiger partial charge in [0.15, 0.2) is 0 Å². The Bertz CT molecular complexity index is 463. The van der Waals surface area contributed by atoms with Crippen molar-refractivity contribution in [2.45, 2.75) is 30.7 Å². The van der Waals surface area contributed by atoms with E-state index >= 15 is 0 Å². The van der Waals surface area contributed by atoms with Gasteiger partial charge in [-0.1, -0.05) is 0 Å². The number of hydrogen-bond donors (Lipinski definition) is 2. The highest BCUT2D eigenvalue weighted by atomic mass is 32.2. The van der Waals surface area contributed by atoms with E-state index in [-0.39, 0.29) is 4.90 Å². The molecule has 2 heterocycles. The molecule has 0 saturated carbocycles. The van der Waals surface area contributed by atoms with Gasteiger partial charge in [0.1, 0.15) is 4.90 Å². The molecule has 1 saturated heterocycles. The SMILES string of the molecule is CNC(C)C1CCN(S(=O)(=O)c2cn[nH]c2)CC1. The Morgan fingerprint density at radius 2 is 2.17 bits per heavy atom. The summed E-state index contributed by atoms with van der Waals surface area (Å²) in [6.45, 7) is 3.32. The lowest BCUT2D eigenvalue weighted by atomic mass is 9.91. The van der Waals surface area contributed by atoms with E-state index in [1.165, 1.54) is 12.4 Å². The van der Waals surface area contributed by atoms with Crippen LogP contribution in [0.5, 0.6) is 0 Å². The van der Waals surface area contributed by atoms with Crippen molar-refractivity contribution in [2.24, 2.45) is 5.92 Å². The van der Waals surface area contributed by atoms with Gasteiger partial charge in [-0.3, -0.25) is 5.10 Å². The van der Waals surface area contributed by atoms with Gasteiger partial charge >= 0.3 is 0 Å². The molecule has 1 aromatic rings. The van der Waals surface area contributed by atoms with Crippen LogP contribution in [-0.2, 0) is 10.0 Å². The normalized spacial score (nSPS) is 21.0. The van der Waals surface area contributed by atoms with E-state index in [1.54, 1.807) is 4.31 Å². The lowest BCUT2D eigenvalue weighted by Gasteiger charge is -2.33. The Kier molecular flexibility index (Phi) is 4.04. The topological polar surface area (TPSA) is 78.1 Å². The largest absolute Gasteiger partial charge is 0.317 e. The number of nitrogens with one attached hydrogen (secondary N) is 2. The van der Waals surface area contributed by atoms with Crippen LogP contribution in [0.3, 0.4) is 0 Å². The first-order valence-electron chi connectivity index (χ1n) is 6.22. The zero-order valence-corrected chi connectivity index (χ0v) is 11.6. The number of hydrogen-bond acceptors (Lipinski definition) is 4. The van der Waals surface area contributed by atoms with Gasteiger partial charge in [-0.2, -0.15) is 9.40 Å². The monoisotopic (exact) mass is 272 g/mol. The maximum Gasteiger partial charge on any atom is 0.246 e. The summed E-state index contributed by atoms with van der Waals surface area (Å²) in [7, 11) is -1.41. The zero-order valence-electron chi connectivity index (χ0n) is 10.8. The van der Waals surface area contributed by atoms with Crippen molar-refractivity contribution in [3.05, 3.63) is 12.4 Å². The van der Waals surface area contributed by atoms with Gasteiger partial charge in [0, 0.05) is 25.3 Å². The molecule has 1 fully saturated rings.